The van der Waals surface area contributed by atoms with E-state index < -0.39 is 6.04 Å². The van der Waals surface area contributed by atoms with Gasteiger partial charge in [0.05, 0.1) is 14.2 Å². The predicted molar refractivity (Wildman–Crippen MR) is 124 cm³/mol. The van der Waals surface area contributed by atoms with Crippen LogP contribution in [0.15, 0.2) is 48.5 Å². The summed E-state index contributed by atoms with van der Waals surface area (Å²) >= 11 is 0. The molecule has 0 aromatic heterocycles. The number of benzene rings is 2. The van der Waals surface area contributed by atoms with E-state index in [0.29, 0.717) is 43.2 Å². The summed E-state index contributed by atoms with van der Waals surface area (Å²) in [7, 11) is 3.10. The zero-order valence-electron chi connectivity index (χ0n) is 19.4. The van der Waals surface area contributed by atoms with Crippen molar-refractivity contribution in [2.45, 2.75) is 39.2 Å². The largest absolute Gasteiger partial charge is 0.496 e. The van der Waals surface area contributed by atoms with Crippen LogP contribution in [-0.4, -0.2) is 56.7 Å². The van der Waals surface area contributed by atoms with E-state index in [-0.39, 0.29) is 18.4 Å². The van der Waals surface area contributed by atoms with Gasteiger partial charge >= 0.3 is 0 Å². The fraction of sp³-hybridized carbons (Fsp3) is 0.440. The number of rotatable bonds is 13. The van der Waals surface area contributed by atoms with Crippen LogP contribution < -0.4 is 19.5 Å². The predicted octanol–water partition coefficient (Wildman–Crippen LogP) is 3.46. The quantitative estimate of drug-likeness (QED) is 0.514. The van der Waals surface area contributed by atoms with Crippen molar-refractivity contribution in [3.63, 3.8) is 0 Å². The van der Waals surface area contributed by atoms with Gasteiger partial charge < -0.3 is 24.4 Å². The zero-order valence-corrected chi connectivity index (χ0v) is 19.4. The van der Waals surface area contributed by atoms with E-state index in [1.165, 1.54) is 0 Å². The lowest BCUT2D eigenvalue weighted by atomic mass is 10.1. The Kier molecular flexibility index (Phi) is 10.4. The summed E-state index contributed by atoms with van der Waals surface area (Å²) < 4.78 is 16.3. The number of carbonyl (C=O) groups excluding carboxylic acids is 2. The molecule has 32 heavy (non-hydrogen) atoms. The Balaban J connectivity index is 2.15. The molecule has 0 unspecified atom stereocenters. The summed E-state index contributed by atoms with van der Waals surface area (Å²) in [4.78, 5) is 27.6. The molecule has 0 saturated carbocycles. The molecule has 0 aliphatic carbocycles. The molecule has 0 aliphatic heterocycles. The number of hydrogen-bond donors (Lipinski definition) is 1. The minimum absolute atomic E-state index is 0.140. The van der Waals surface area contributed by atoms with Crippen molar-refractivity contribution >= 4 is 11.8 Å². The van der Waals surface area contributed by atoms with Crippen LogP contribution >= 0.6 is 0 Å². The fourth-order valence-electron chi connectivity index (χ4n) is 3.35. The second kappa shape index (κ2) is 13.2. The molecule has 0 radical (unpaired) electrons. The molecule has 0 spiro atoms. The van der Waals surface area contributed by atoms with Gasteiger partial charge in [0.2, 0.25) is 5.91 Å². The molecule has 0 aliphatic rings. The number of nitrogens with zero attached hydrogens (tertiary/aromatic N) is 1. The third-order valence-electron chi connectivity index (χ3n) is 5.11. The van der Waals surface area contributed by atoms with Crippen LogP contribution in [0.25, 0.3) is 0 Å². The highest BCUT2D eigenvalue weighted by Crippen LogP contribution is 2.27. The average Bonchev–Trinajstić information content (AvgIpc) is 2.83. The molecule has 2 aromatic carbocycles. The molecule has 7 heteroatoms. The van der Waals surface area contributed by atoms with Gasteiger partial charge in [-0.15, -0.1) is 0 Å². The van der Waals surface area contributed by atoms with Crippen LogP contribution in [0.3, 0.4) is 0 Å². The third kappa shape index (κ3) is 7.48. The van der Waals surface area contributed by atoms with Gasteiger partial charge in [-0.2, -0.15) is 0 Å². The van der Waals surface area contributed by atoms with Crippen LogP contribution in [-0.2, 0) is 16.0 Å². The minimum atomic E-state index is -0.554. The van der Waals surface area contributed by atoms with Crippen molar-refractivity contribution in [3.8, 4) is 17.2 Å². The number of ether oxygens (including phenoxy) is 3. The third-order valence-corrected chi connectivity index (χ3v) is 5.11. The van der Waals surface area contributed by atoms with Crippen molar-refractivity contribution in [2.75, 3.05) is 33.9 Å². The molecular formula is C25H34N2O5. The van der Waals surface area contributed by atoms with Crippen LogP contribution in [0.5, 0.6) is 17.2 Å². The maximum absolute atomic E-state index is 13.2. The molecule has 2 aromatic rings. The SMILES string of the molecule is CCCNC(=O)[C@@H](CC)N(CCc1ccccc1)C(=O)COc1cc(OC)cc(OC)c1. The first kappa shape index (κ1) is 25.0. The molecule has 7 nitrogen and oxygen atoms in total. The monoisotopic (exact) mass is 442 g/mol. The molecule has 2 rings (SSSR count). The van der Waals surface area contributed by atoms with Gasteiger partial charge in [0, 0.05) is 31.3 Å². The minimum Gasteiger partial charge on any atom is -0.496 e. The summed E-state index contributed by atoms with van der Waals surface area (Å²) in [6.07, 6.45) is 2.00. The normalized spacial score (nSPS) is 11.4. The number of hydrogen-bond acceptors (Lipinski definition) is 5. The van der Waals surface area contributed by atoms with E-state index in [4.69, 9.17) is 14.2 Å². The second-order valence-electron chi connectivity index (χ2n) is 7.37. The van der Waals surface area contributed by atoms with Gasteiger partial charge in [0.15, 0.2) is 6.61 Å². The summed E-state index contributed by atoms with van der Waals surface area (Å²) in [5.41, 5.74) is 1.10. The van der Waals surface area contributed by atoms with Crippen molar-refractivity contribution in [1.29, 1.82) is 0 Å². The Morgan fingerprint density at radius 1 is 0.969 bits per heavy atom. The maximum atomic E-state index is 13.2. The average molecular weight is 443 g/mol. The highest BCUT2D eigenvalue weighted by atomic mass is 16.5. The summed E-state index contributed by atoms with van der Waals surface area (Å²) in [5.74, 6) is 1.21. The molecule has 0 bridgehead atoms. The first-order valence-electron chi connectivity index (χ1n) is 11.0. The molecule has 0 saturated heterocycles. The summed E-state index contributed by atoms with van der Waals surface area (Å²) in [6, 6.07) is 14.5. The lowest BCUT2D eigenvalue weighted by Crippen LogP contribution is -2.51. The van der Waals surface area contributed by atoms with Crippen molar-refractivity contribution < 1.29 is 23.8 Å². The van der Waals surface area contributed by atoms with Crippen LogP contribution in [0.2, 0.25) is 0 Å². The van der Waals surface area contributed by atoms with Gasteiger partial charge in [-0.05, 0) is 24.8 Å². The zero-order chi connectivity index (χ0) is 23.3. The molecule has 1 N–H and O–H groups in total. The smallest absolute Gasteiger partial charge is 0.261 e. The van der Waals surface area contributed by atoms with Crippen molar-refractivity contribution in [1.82, 2.24) is 10.2 Å². The standard InChI is InChI=1S/C25H34N2O5/c1-5-13-26-25(29)23(6-2)27(14-12-19-10-8-7-9-11-19)24(28)18-32-22-16-20(30-3)15-21(17-22)31-4/h7-11,15-17,23H,5-6,12-14,18H2,1-4H3,(H,26,29)/t23-/m1/s1. The van der Waals surface area contributed by atoms with Gasteiger partial charge in [0.25, 0.3) is 5.91 Å². The molecule has 2 amide bonds. The first-order chi connectivity index (χ1) is 15.5. The van der Waals surface area contributed by atoms with E-state index in [1.807, 2.05) is 44.2 Å². The van der Waals surface area contributed by atoms with Crippen LogP contribution in [0.1, 0.15) is 32.3 Å². The van der Waals surface area contributed by atoms with Gasteiger partial charge in [-0.1, -0.05) is 44.2 Å². The van der Waals surface area contributed by atoms with Gasteiger partial charge in [-0.3, -0.25) is 9.59 Å². The number of carbonyl (C=O) groups is 2. The van der Waals surface area contributed by atoms with E-state index in [9.17, 15) is 9.59 Å². The highest BCUT2D eigenvalue weighted by Gasteiger charge is 2.28. The van der Waals surface area contributed by atoms with Crippen LogP contribution in [0, 0.1) is 0 Å². The second-order valence-corrected chi connectivity index (χ2v) is 7.37. The maximum Gasteiger partial charge on any atom is 0.261 e. The Bertz CT molecular complexity index is 834. The Hall–Kier alpha value is -3.22. The fourth-order valence-corrected chi connectivity index (χ4v) is 3.35. The summed E-state index contributed by atoms with van der Waals surface area (Å²) in [6.45, 7) is 4.72. The van der Waals surface area contributed by atoms with Crippen molar-refractivity contribution in [2.24, 2.45) is 0 Å². The Morgan fingerprint density at radius 2 is 1.59 bits per heavy atom. The molecule has 0 fully saturated rings. The van der Waals surface area contributed by atoms with Crippen LogP contribution in [0.4, 0.5) is 0 Å². The molecule has 1 atom stereocenters. The lowest BCUT2D eigenvalue weighted by molar-refractivity contribution is -0.142. The van der Waals surface area contributed by atoms with E-state index in [2.05, 4.69) is 5.32 Å². The van der Waals surface area contributed by atoms with E-state index >= 15 is 0 Å². The highest BCUT2D eigenvalue weighted by molar-refractivity contribution is 5.88. The summed E-state index contributed by atoms with van der Waals surface area (Å²) in [5, 5.41) is 2.91. The lowest BCUT2D eigenvalue weighted by Gasteiger charge is -2.30. The molecule has 0 heterocycles. The Morgan fingerprint density at radius 3 is 2.16 bits per heavy atom. The topological polar surface area (TPSA) is 77.1 Å². The molecule has 174 valence electrons. The number of amides is 2. The van der Waals surface area contributed by atoms with Gasteiger partial charge in [-0.25, -0.2) is 0 Å². The van der Waals surface area contributed by atoms with E-state index in [1.54, 1.807) is 37.3 Å². The van der Waals surface area contributed by atoms with Crippen molar-refractivity contribution in [3.05, 3.63) is 54.1 Å². The van der Waals surface area contributed by atoms with Gasteiger partial charge in [0.1, 0.15) is 23.3 Å². The number of methoxy groups -OCH3 is 2. The first-order valence-corrected chi connectivity index (χ1v) is 11.0. The molecular weight excluding hydrogens is 408 g/mol. The number of nitrogens with one attached hydrogen (secondary N) is 1. The Labute approximate surface area is 190 Å². The van der Waals surface area contributed by atoms with E-state index in [0.717, 1.165) is 12.0 Å².